The van der Waals surface area contributed by atoms with E-state index in [-0.39, 0.29) is 12.5 Å². The fourth-order valence-electron chi connectivity index (χ4n) is 4.47. The zero-order valence-electron chi connectivity index (χ0n) is 20.5. The maximum absolute atomic E-state index is 13.2. The van der Waals surface area contributed by atoms with E-state index in [9.17, 15) is 19.2 Å². The Morgan fingerprint density at radius 2 is 1.72 bits per heavy atom. The highest BCUT2D eigenvalue weighted by Crippen LogP contribution is 2.32. The van der Waals surface area contributed by atoms with Crippen LogP contribution in [0.5, 0.6) is 0 Å². The quantitative estimate of drug-likeness (QED) is 0.543. The summed E-state index contributed by atoms with van der Waals surface area (Å²) in [4.78, 5) is 55.5. The number of hydrogen-bond acceptors (Lipinski definition) is 6. The Bertz CT molecular complexity index is 1120. The first kappa shape index (κ1) is 25.2. The Morgan fingerprint density at radius 3 is 2.36 bits per heavy atom. The molecule has 1 atom stereocenters. The normalized spacial score (nSPS) is 19.7. The minimum absolute atomic E-state index is 0.217. The Labute approximate surface area is 210 Å². The van der Waals surface area contributed by atoms with Crippen molar-refractivity contribution in [3.8, 4) is 0 Å². The number of nitrogens with one attached hydrogen (secondary N) is 2. The number of imide groups is 1. The van der Waals surface area contributed by atoms with Gasteiger partial charge >= 0.3 is 6.03 Å². The lowest BCUT2D eigenvalue weighted by Crippen LogP contribution is -2.46. The second kappa shape index (κ2) is 10.8. The van der Waals surface area contributed by atoms with Crippen LogP contribution in [-0.2, 0) is 24.7 Å². The SMILES string of the molecule is CCC1(c2ccccc2)NC(=O)N(CC(=O)N(C)CC(=O)Nc2ccc(N3CCOCC3)cc2)C1=O. The van der Waals surface area contributed by atoms with Crippen molar-refractivity contribution in [2.24, 2.45) is 0 Å². The number of morpholine rings is 1. The van der Waals surface area contributed by atoms with Gasteiger partial charge in [-0.3, -0.25) is 19.3 Å². The van der Waals surface area contributed by atoms with E-state index < -0.39 is 29.9 Å². The Balaban J connectivity index is 1.32. The summed E-state index contributed by atoms with van der Waals surface area (Å²) in [6.45, 7) is 4.16. The molecule has 2 aromatic carbocycles. The lowest BCUT2D eigenvalue weighted by Gasteiger charge is -2.29. The molecule has 2 N–H and O–H groups in total. The monoisotopic (exact) mass is 493 g/mol. The standard InChI is InChI=1S/C26H31N5O5/c1-3-26(19-7-5-4-6-8-19)24(34)31(25(35)28-26)18-23(33)29(2)17-22(32)27-20-9-11-21(12-10-20)30-13-15-36-16-14-30/h4-12H,3,13-18H2,1-2H3,(H,27,32)(H,28,35). The number of likely N-dealkylation sites (N-methyl/N-ethyl adjacent to an activating group) is 1. The van der Waals surface area contributed by atoms with Crippen molar-refractivity contribution >= 4 is 35.1 Å². The van der Waals surface area contributed by atoms with Crippen LogP contribution in [0.1, 0.15) is 18.9 Å². The molecule has 190 valence electrons. The Kier molecular flexibility index (Phi) is 7.54. The molecule has 5 amide bonds. The fraction of sp³-hybridized carbons (Fsp3) is 0.385. The van der Waals surface area contributed by atoms with E-state index in [2.05, 4.69) is 15.5 Å². The number of ether oxygens (including phenoxy) is 1. The van der Waals surface area contributed by atoms with Gasteiger partial charge in [0.2, 0.25) is 11.8 Å². The number of benzene rings is 2. The van der Waals surface area contributed by atoms with E-state index in [1.807, 2.05) is 30.3 Å². The van der Waals surface area contributed by atoms with Crippen LogP contribution in [0.3, 0.4) is 0 Å². The molecule has 0 bridgehead atoms. The number of hydrogen-bond donors (Lipinski definition) is 2. The minimum Gasteiger partial charge on any atom is -0.378 e. The van der Waals surface area contributed by atoms with Crippen molar-refractivity contribution in [1.29, 1.82) is 0 Å². The summed E-state index contributed by atoms with van der Waals surface area (Å²) in [5.41, 5.74) is 1.12. The van der Waals surface area contributed by atoms with E-state index >= 15 is 0 Å². The summed E-state index contributed by atoms with van der Waals surface area (Å²) < 4.78 is 5.37. The maximum Gasteiger partial charge on any atom is 0.325 e. The second-order valence-corrected chi connectivity index (χ2v) is 8.89. The van der Waals surface area contributed by atoms with Crippen molar-refractivity contribution in [3.63, 3.8) is 0 Å². The summed E-state index contributed by atoms with van der Waals surface area (Å²) in [6, 6.07) is 15.8. The van der Waals surface area contributed by atoms with Gasteiger partial charge in [0.15, 0.2) is 0 Å². The fourth-order valence-corrected chi connectivity index (χ4v) is 4.47. The highest BCUT2D eigenvalue weighted by Gasteiger charge is 2.51. The van der Waals surface area contributed by atoms with Gasteiger partial charge in [-0.15, -0.1) is 0 Å². The molecule has 0 saturated carbocycles. The molecular weight excluding hydrogens is 462 g/mol. The summed E-state index contributed by atoms with van der Waals surface area (Å²) in [5, 5.41) is 5.53. The number of rotatable bonds is 8. The lowest BCUT2D eigenvalue weighted by atomic mass is 9.87. The topological polar surface area (TPSA) is 111 Å². The number of amides is 5. The van der Waals surface area contributed by atoms with Crippen LogP contribution in [0.25, 0.3) is 0 Å². The first-order valence-corrected chi connectivity index (χ1v) is 12.0. The third kappa shape index (κ3) is 5.18. The molecule has 1 unspecified atom stereocenters. The summed E-state index contributed by atoms with van der Waals surface area (Å²) in [7, 11) is 1.46. The maximum atomic E-state index is 13.2. The van der Waals surface area contributed by atoms with Gasteiger partial charge < -0.3 is 25.2 Å². The molecule has 2 saturated heterocycles. The summed E-state index contributed by atoms with van der Waals surface area (Å²) in [6.07, 6.45) is 0.342. The van der Waals surface area contributed by atoms with Gasteiger partial charge in [0.1, 0.15) is 12.1 Å². The van der Waals surface area contributed by atoms with Crippen LogP contribution >= 0.6 is 0 Å². The van der Waals surface area contributed by atoms with Crippen molar-refractivity contribution in [2.75, 3.05) is 56.7 Å². The van der Waals surface area contributed by atoms with E-state index in [1.165, 1.54) is 11.9 Å². The van der Waals surface area contributed by atoms with Crippen LogP contribution in [0.4, 0.5) is 16.2 Å². The van der Waals surface area contributed by atoms with Gasteiger partial charge in [-0.05, 0) is 36.2 Å². The molecule has 0 aromatic heterocycles. The molecule has 0 spiro atoms. The van der Waals surface area contributed by atoms with Crippen molar-refractivity contribution < 1.29 is 23.9 Å². The molecule has 2 fully saturated rings. The zero-order chi connectivity index (χ0) is 25.7. The van der Waals surface area contributed by atoms with E-state index in [1.54, 1.807) is 31.2 Å². The van der Waals surface area contributed by atoms with Gasteiger partial charge in [-0.1, -0.05) is 37.3 Å². The third-order valence-electron chi connectivity index (χ3n) is 6.60. The molecule has 4 rings (SSSR count). The average Bonchev–Trinajstić information content (AvgIpc) is 3.15. The lowest BCUT2D eigenvalue weighted by molar-refractivity contribution is -0.139. The Hall–Kier alpha value is -3.92. The van der Waals surface area contributed by atoms with Gasteiger partial charge in [0.25, 0.3) is 5.91 Å². The van der Waals surface area contributed by atoms with Gasteiger partial charge in [-0.25, -0.2) is 4.79 Å². The number of nitrogens with zero attached hydrogens (tertiary/aromatic N) is 3. The highest BCUT2D eigenvalue weighted by atomic mass is 16.5. The smallest absolute Gasteiger partial charge is 0.325 e. The molecule has 2 aliphatic rings. The van der Waals surface area contributed by atoms with E-state index in [0.29, 0.717) is 30.9 Å². The number of urea groups is 1. The van der Waals surface area contributed by atoms with Gasteiger partial charge in [0.05, 0.1) is 19.8 Å². The third-order valence-corrected chi connectivity index (χ3v) is 6.60. The zero-order valence-corrected chi connectivity index (χ0v) is 20.5. The second-order valence-electron chi connectivity index (χ2n) is 8.89. The van der Waals surface area contributed by atoms with Crippen molar-refractivity contribution in [3.05, 3.63) is 60.2 Å². The molecule has 2 aromatic rings. The average molecular weight is 494 g/mol. The summed E-state index contributed by atoms with van der Waals surface area (Å²) in [5.74, 6) is -1.38. The molecule has 10 nitrogen and oxygen atoms in total. The van der Waals surface area contributed by atoms with Crippen LogP contribution < -0.4 is 15.5 Å². The molecule has 2 heterocycles. The number of anilines is 2. The van der Waals surface area contributed by atoms with Crippen molar-refractivity contribution in [1.82, 2.24) is 15.1 Å². The number of carbonyl (C=O) groups is 4. The molecular formula is C26H31N5O5. The van der Waals surface area contributed by atoms with Crippen LogP contribution in [0, 0.1) is 0 Å². The van der Waals surface area contributed by atoms with Crippen molar-refractivity contribution in [2.45, 2.75) is 18.9 Å². The predicted molar refractivity (Wildman–Crippen MR) is 134 cm³/mol. The van der Waals surface area contributed by atoms with Crippen LogP contribution in [0.2, 0.25) is 0 Å². The van der Waals surface area contributed by atoms with Crippen LogP contribution in [-0.4, -0.2) is 80.0 Å². The van der Waals surface area contributed by atoms with E-state index in [0.717, 1.165) is 23.7 Å². The first-order chi connectivity index (χ1) is 17.3. The molecule has 10 heteroatoms. The van der Waals surface area contributed by atoms with Crippen LogP contribution in [0.15, 0.2) is 54.6 Å². The number of carbonyl (C=O) groups excluding carboxylic acids is 4. The molecule has 2 aliphatic heterocycles. The largest absolute Gasteiger partial charge is 0.378 e. The van der Waals surface area contributed by atoms with Gasteiger partial charge in [-0.2, -0.15) is 0 Å². The molecule has 36 heavy (non-hydrogen) atoms. The van der Waals surface area contributed by atoms with Gasteiger partial charge in [0, 0.05) is 31.5 Å². The Morgan fingerprint density at radius 1 is 1.06 bits per heavy atom. The van der Waals surface area contributed by atoms with E-state index in [4.69, 9.17) is 4.74 Å². The molecule has 0 radical (unpaired) electrons. The molecule has 0 aliphatic carbocycles. The first-order valence-electron chi connectivity index (χ1n) is 12.0. The summed E-state index contributed by atoms with van der Waals surface area (Å²) >= 11 is 0. The minimum atomic E-state index is -1.21. The predicted octanol–water partition coefficient (Wildman–Crippen LogP) is 1.78. The highest BCUT2D eigenvalue weighted by molar-refractivity contribution is 6.09.